The summed E-state index contributed by atoms with van der Waals surface area (Å²) < 4.78 is 16.5. The molecule has 7 heteroatoms. The Bertz CT molecular complexity index is 1340. The molecule has 4 aromatic rings. The number of anilines is 1. The minimum Gasteiger partial charge on any atom is -0.465 e. The maximum absolute atomic E-state index is 12.4. The van der Waals surface area contributed by atoms with E-state index in [1.165, 1.54) is 0 Å². The van der Waals surface area contributed by atoms with E-state index in [0.717, 1.165) is 45.7 Å². The first-order valence-corrected chi connectivity index (χ1v) is 12.4. The molecule has 0 atom stereocenters. The van der Waals surface area contributed by atoms with Gasteiger partial charge in [-0.25, -0.2) is 5.06 Å². The van der Waals surface area contributed by atoms with E-state index in [4.69, 9.17) is 14.0 Å². The standard InChI is InChI=1S/C30H30N2O5/c1-3-36-29(33)30(17-18-30)26-15-13-24(14-16-26)23-9-11-25(12-10-23)28-27(21(2)31-37-28)32(34)20-35-19-22-7-5-4-6-8-22/h4-16,34H,3,17-20H2,1-2H3. The minimum atomic E-state index is -0.472. The van der Waals surface area contributed by atoms with E-state index >= 15 is 0 Å². The van der Waals surface area contributed by atoms with Crippen molar-refractivity contribution in [3.63, 3.8) is 0 Å². The van der Waals surface area contributed by atoms with Crippen molar-refractivity contribution in [3.8, 4) is 22.5 Å². The molecule has 1 fully saturated rings. The lowest BCUT2D eigenvalue weighted by Crippen LogP contribution is -2.23. The molecule has 0 saturated heterocycles. The van der Waals surface area contributed by atoms with E-state index in [1.807, 2.05) is 85.8 Å². The van der Waals surface area contributed by atoms with Crippen LogP contribution < -0.4 is 5.06 Å². The van der Waals surface area contributed by atoms with Crippen molar-refractivity contribution < 1.29 is 24.0 Å². The summed E-state index contributed by atoms with van der Waals surface area (Å²) in [6.07, 6.45) is 1.66. The average Bonchev–Trinajstić information content (AvgIpc) is 3.66. The number of hydrogen-bond acceptors (Lipinski definition) is 7. The van der Waals surface area contributed by atoms with Gasteiger partial charge in [0, 0.05) is 5.56 Å². The van der Waals surface area contributed by atoms with Gasteiger partial charge in [0.15, 0.2) is 5.76 Å². The topological polar surface area (TPSA) is 85.0 Å². The highest BCUT2D eigenvalue weighted by Crippen LogP contribution is 2.49. The second kappa shape index (κ2) is 10.6. The zero-order valence-corrected chi connectivity index (χ0v) is 21.0. The highest BCUT2D eigenvalue weighted by atomic mass is 16.6. The molecule has 1 heterocycles. The van der Waals surface area contributed by atoms with Crippen molar-refractivity contribution in [1.29, 1.82) is 0 Å². The Balaban J connectivity index is 1.28. The van der Waals surface area contributed by atoms with Crippen LogP contribution in [0, 0.1) is 6.92 Å². The Morgan fingerprint density at radius 3 is 2.22 bits per heavy atom. The lowest BCUT2D eigenvalue weighted by Gasteiger charge is -2.17. The Kier molecular flexibility index (Phi) is 7.08. The van der Waals surface area contributed by atoms with Crippen LogP contribution in [0.3, 0.4) is 0 Å². The summed E-state index contributed by atoms with van der Waals surface area (Å²) in [5.41, 5.74) is 5.45. The molecule has 190 valence electrons. The maximum Gasteiger partial charge on any atom is 0.316 e. The highest BCUT2D eigenvalue weighted by molar-refractivity contribution is 5.87. The monoisotopic (exact) mass is 498 g/mol. The van der Waals surface area contributed by atoms with Gasteiger partial charge in [-0.3, -0.25) is 10.0 Å². The van der Waals surface area contributed by atoms with Crippen LogP contribution in [0.15, 0.2) is 83.4 Å². The SMILES string of the molecule is CCOC(=O)C1(c2ccc(-c3ccc(-c4onc(C)c4N(O)COCc4ccccc4)cc3)cc2)CC1. The van der Waals surface area contributed by atoms with Crippen molar-refractivity contribution >= 4 is 11.7 Å². The van der Waals surface area contributed by atoms with Gasteiger partial charge in [-0.15, -0.1) is 0 Å². The molecule has 37 heavy (non-hydrogen) atoms. The van der Waals surface area contributed by atoms with Crippen LogP contribution in [0.1, 0.15) is 36.6 Å². The maximum atomic E-state index is 12.4. The second-order valence-electron chi connectivity index (χ2n) is 9.27. The third-order valence-corrected chi connectivity index (χ3v) is 6.75. The number of nitrogens with zero attached hydrogens (tertiary/aromatic N) is 2. The fraction of sp³-hybridized carbons (Fsp3) is 0.267. The fourth-order valence-corrected chi connectivity index (χ4v) is 4.55. The number of hydrogen-bond donors (Lipinski definition) is 1. The predicted molar refractivity (Wildman–Crippen MR) is 140 cm³/mol. The molecule has 1 aliphatic rings. The molecule has 5 rings (SSSR count). The summed E-state index contributed by atoms with van der Waals surface area (Å²) in [6, 6.07) is 25.8. The Morgan fingerprint density at radius 1 is 0.973 bits per heavy atom. The molecule has 0 aliphatic heterocycles. The van der Waals surface area contributed by atoms with Gasteiger partial charge in [0.05, 0.1) is 18.6 Å². The smallest absolute Gasteiger partial charge is 0.316 e. The summed E-state index contributed by atoms with van der Waals surface area (Å²) in [5, 5.41) is 15.8. The molecule has 3 aromatic carbocycles. The van der Waals surface area contributed by atoms with Gasteiger partial charge >= 0.3 is 5.97 Å². The van der Waals surface area contributed by atoms with E-state index < -0.39 is 5.41 Å². The van der Waals surface area contributed by atoms with Crippen molar-refractivity contribution in [2.75, 3.05) is 18.4 Å². The normalized spacial score (nSPS) is 13.8. The predicted octanol–water partition coefficient (Wildman–Crippen LogP) is 6.28. The fourth-order valence-electron chi connectivity index (χ4n) is 4.55. The van der Waals surface area contributed by atoms with Gasteiger partial charge < -0.3 is 14.0 Å². The number of esters is 1. The number of rotatable bonds is 10. The molecular formula is C30H30N2O5. The number of hydroxylamine groups is 1. The van der Waals surface area contributed by atoms with Crippen molar-refractivity contribution in [2.24, 2.45) is 0 Å². The van der Waals surface area contributed by atoms with Gasteiger partial charge in [-0.1, -0.05) is 84.0 Å². The summed E-state index contributed by atoms with van der Waals surface area (Å²) in [7, 11) is 0. The van der Waals surface area contributed by atoms with Gasteiger partial charge in [0.2, 0.25) is 0 Å². The van der Waals surface area contributed by atoms with Crippen LogP contribution in [0.2, 0.25) is 0 Å². The summed E-state index contributed by atoms with van der Waals surface area (Å²) in [5.74, 6) is 0.337. The Labute approximate surface area is 216 Å². The number of aromatic nitrogens is 1. The Hall–Kier alpha value is -3.94. The third-order valence-electron chi connectivity index (χ3n) is 6.75. The van der Waals surface area contributed by atoms with Gasteiger partial charge in [0.1, 0.15) is 18.1 Å². The number of aryl methyl sites for hydroxylation is 1. The molecule has 0 unspecified atom stereocenters. The summed E-state index contributed by atoms with van der Waals surface area (Å²) in [4.78, 5) is 12.4. The lowest BCUT2D eigenvalue weighted by atomic mass is 9.93. The highest BCUT2D eigenvalue weighted by Gasteiger charge is 2.52. The minimum absolute atomic E-state index is 0.0261. The van der Waals surface area contributed by atoms with E-state index in [0.29, 0.717) is 30.4 Å². The van der Waals surface area contributed by atoms with E-state index in [2.05, 4.69) is 5.16 Å². The zero-order chi connectivity index (χ0) is 25.8. The van der Waals surface area contributed by atoms with E-state index in [1.54, 1.807) is 6.92 Å². The van der Waals surface area contributed by atoms with Crippen LogP contribution in [-0.4, -0.2) is 29.7 Å². The first kappa shape index (κ1) is 24.7. The van der Waals surface area contributed by atoms with Gasteiger partial charge in [-0.2, -0.15) is 0 Å². The van der Waals surface area contributed by atoms with Crippen LogP contribution >= 0.6 is 0 Å². The quantitative estimate of drug-likeness (QED) is 0.156. The van der Waals surface area contributed by atoms with Gasteiger partial charge in [0.25, 0.3) is 0 Å². The van der Waals surface area contributed by atoms with Crippen molar-refractivity contribution in [1.82, 2.24) is 5.16 Å². The molecule has 1 saturated carbocycles. The molecule has 1 N–H and O–H groups in total. The first-order valence-electron chi connectivity index (χ1n) is 12.4. The summed E-state index contributed by atoms with van der Waals surface area (Å²) in [6.45, 7) is 4.36. The summed E-state index contributed by atoms with van der Waals surface area (Å²) >= 11 is 0. The van der Waals surface area contributed by atoms with E-state index in [-0.39, 0.29) is 12.7 Å². The van der Waals surface area contributed by atoms with Gasteiger partial charge in [-0.05, 0) is 48.9 Å². The third kappa shape index (κ3) is 5.14. The molecule has 1 aromatic heterocycles. The van der Waals surface area contributed by atoms with Crippen LogP contribution in [0.5, 0.6) is 0 Å². The molecule has 0 amide bonds. The Morgan fingerprint density at radius 2 is 1.59 bits per heavy atom. The number of carbonyl (C=O) groups excluding carboxylic acids is 1. The molecule has 0 radical (unpaired) electrons. The molecule has 0 bridgehead atoms. The lowest BCUT2D eigenvalue weighted by molar-refractivity contribution is -0.146. The number of carbonyl (C=O) groups is 1. The first-order chi connectivity index (χ1) is 18.0. The molecular weight excluding hydrogens is 468 g/mol. The zero-order valence-electron chi connectivity index (χ0n) is 21.0. The second-order valence-corrected chi connectivity index (χ2v) is 9.27. The van der Waals surface area contributed by atoms with E-state index in [9.17, 15) is 10.0 Å². The van der Waals surface area contributed by atoms with Crippen molar-refractivity contribution in [3.05, 3.63) is 95.7 Å². The molecule has 0 spiro atoms. The average molecular weight is 499 g/mol. The number of ether oxygens (including phenoxy) is 2. The molecule has 7 nitrogen and oxygen atoms in total. The largest absolute Gasteiger partial charge is 0.465 e. The molecule has 1 aliphatic carbocycles. The van der Waals surface area contributed by atoms with Crippen molar-refractivity contribution in [2.45, 2.75) is 38.7 Å². The van der Waals surface area contributed by atoms with Crippen LogP contribution in [0.25, 0.3) is 22.5 Å². The van der Waals surface area contributed by atoms with Crippen LogP contribution in [0.4, 0.5) is 5.69 Å². The van der Waals surface area contributed by atoms with Crippen LogP contribution in [-0.2, 0) is 26.3 Å². The number of benzene rings is 3.